The molecule has 0 aliphatic rings. The minimum absolute atomic E-state index is 0.0646. The number of hydrogen-bond donors (Lipinski definition) is 1. The van der Waals surface area contributed by atoms with E-state index in [1.807, 2.05) is 0 Å². The molecule has 5 nitrogen and oxygen atoms in total. The summed E-state index contributed by atoms with van der Waals surface area (Å²) in [6, 6.07) is 2.97. The van der Waals surface area contributed by atoms with Gasteiger partial charge in [0.15, 0.2) is 0 Å². The third-order valence-corrected chi connectivity index (χ3v) is 3.60. The second-order valence-electron chi connectivity index (χ2n) is 3.61. The van der Waals surface area contributed by atoms with Gasteiger partial charge in [0.1, 0.15) is 5.15 Å². The maximum absolute atomic E-state index is 11.5. The predicted octanol–water partition coefficient (Wildman–Crippen LogP) is 1.53. The number of rotatable bonds is 4. The highest BCUT2D eigenvalue weighted by Gasteiger charge is 2.21. The van der Waals surface area contributed by atoms with Crippen molar-refractivity contribution in [2.45, 2.75) is 19.3 Å². The zero-order chi connectivity index (χ0) is 12.5. The van der Waals surface area contributed by atoms with Gasteiger partial charge >= 0.3 is 5.97 Å². The van der Waals surface area contributed by atoms with Crippen LogP contribution in [0.1, 0.15) is 25.0 Å². The number of carboxylic acid groups (broad SMARTS) is 1. The zero-order valence-electron chi connectivity index (χ0n) is 8.84. The van der Waals surface area contributed by atoms with E-state index in [0.717, 1.165) is 10.2 Å². The Morgan fingerprint density at radius 3 is 2.56 bits per heavy atom. The van der Waals surface area contributed by atoms with Crippen molar-refractivity contribution in [3.8, 4) is 0 Å². The van der Waals surface area contributed by atoms with Gasteiger partial charge in [-0.05, 0) is 12.1 Å². The lowest BCUT2D eigenvalue weighted by Gasteiger charge is -2.12. The molecule has 0 spiro atoms. The van der Waals surface area contributed by atoms with Crippen LogP contribution in [0.2, 0.25) is 5.15 Å². The van der Waals surface area contributed by atoms with E-state index in [2.05, 4.69) is 0 Å². The van der Waals surface area contributed by atoms with Crippen molar-refractivity contribution in [2.75, 3.05) is 6.26 Å². The Balaban J connectivity index is 3.21. The highest BCUT2D eigenvalue weighted by atomic mass is 35.5. The van der Waals surface area contributed by atoms with Crippen molar-refractivity contribution >= 4 is 27.6 Å². The van der Waals surface area contributed by atoms with E-state index in [-0.39, 0.29) is 11.6 Å². The average molecular weight is 266 g/mol. The number of nitrogens with zero attached hydrogens (tertiary/aromatic N) is 1. The van der Waals surface area contributed by atoms with E-state index in [1.165, 1.54) is 12.1 Å². The summed E-state index contributed by atoms with van der Waals surface area (Å²) in [4.78, 5) is 10.6. The molecule has 1 rings (SSSR count). The van der Waals surface area contributed by atoms with Gasteiger partial charge < -0.3 is 5.11 Å². The van der Waals surface area contributed by atoms with Gasteiger partial charge in [-0.15, -0.1) is 0 Å². The summed E-state index contributed by atoms with van der Waals surface area (Å²) >= 11 is 5.75. The van der Waals surface area contributed by atoms with Crippen LogP contribution in [-0.2, 0) is 14.8 Å². The molecule has 0 aromatic carbocycles. The van der Waals surface area contributed by atoms with Crippen molar-refractivity contribution in [3.63, 3.8) is 0 Å². The molecule has 0 amide bonds. The minimum atomic E-state index is -3.51. The maximum Gasteiger partial charge on any atom is 0.304 e. The zero-order valence-corrected chi connectivity index (χ0v) is 10.4. The minimum Gasteiger partial charge on any atom is -0.481 e. The highest BCUT2D eigenvalue weighted by molar-refractivity contribution is 7.89. The quantitative estimate of drug-likeness (QED) is 0.896. The van der Waals surface area contributed by atoms with Gasteiger partial charge in [0, 0.05) is 11.6 Å². The topological polar surface area (TPSA) is 76.4 Å². The van der Waals surface area contributed by atoms with Gasteiger partial charge in [0.05, 0.1) is 12.7 Å². The summed E-state index contributed by atoms with van der Waals surface area (Å²) in [6.07, 6.45) is 0.881. The fourth-order valence-electron chi connectivity index (χ4n) is 1.49. The molecular formula is C9H12ClNO4S. The fraction of sp³-hybridized carbons (Fsp3) is 0.444. The molecule has 1 aromatic heterocycles. The van der Waals surface area contributed by atoms with Crippen LogP contribution in [0.15, 0.2) is 12.1 Å². The Kier molecular flexibility index (Phi) is 3.64. The summed E-state index contributed by atoms with van der Waals surface area (Å²) in [5.74, 6) is -1.40. The molecule has 7 heteroatoms. The average Bonchev–Trinajstić information content (AvgIpc) is 2.44. The molecule has 1 atom stereocenters. The lowest BCUT2D eigenvalue weighted by Crippen LogP contribution is -2.16. The number of aliphatic carboxylic acids is 1. The fourth-order valence-corrected chi connectivity index (χ4v) is 3.03. The van der Waals surface area contributed by atoms with Crippen molar-refractivity contribution in [1.82, 2.24) is 3.97 Å². The molecule has 0 bridgehead atoms. The number of hydrogen-bond acceptors (Lipinski definition) is 3. The molecule has 0 radical (unpaired) electrons. The molecule has 0 fully saturated rings. The first-order chi connectivity index (χ1) is 7.23. The van der Waals surface area contributed by atoms with Crippen LogP contribution >= 0.6 is 11.6 Å². The van der Waals surface area contributed by atoms with E-state index in [4.69, 9.17) is 16.7 Å². The van der Waals surface area contributed by atoms with Gasteiger partial charge in [-0.2, -0.15) is 0 Å². The Labute approximate surface area is 98.7 Å². The van der Waals surface area contributed by atoms with Gasteiger partial charge in [0.2, 0.25) is 10.0 Å². The number of carbonyl (C=O) groups is 1. The summed E-state index contributed by atoms with van der Waals surface area (Å²) in [5, 5.41) is 8.72. The van der Waals surface area contributed by atoms with Crippen LogP contribution in [0, 0.1) is 0 Å². The largest absolute Gasteiger partial charge is 0.481 e. The number of halogens is 1. The van der Waals surface area contributed by atoms with Crippen LogP contribution in [0.25, 0.3) is 0 Å². The Morgan fingerprint density at radius 2 is 2.12 bits per heavy atom. The Morgan fingerprint density at radius 1 is 1.56 bits per heavy atom. The lowest BCUT2D eigenvalue weighted by atomic mass is 10.1. The van der Waals surface area contributed by atoms with Crippen LogP contribution in [0.5, 0.6) is 0 Å². The van der Waals surface area contributed by atoms with Crippen molar-refractivity contribution in [3.05, 3.63) is 23.0 Å². The number of aromatic nitrogens is 1. The van der Waals surface area contributed by atoms with Gasteiger partial charge in [0.25, 0.3) is 0 Å². The van der Waals surface area contributed by atoms with Crippen molar-refractivity contribution in [1.29, 1.82) is 0 Å². The first kappa shape index (κ1) is 13.1. The molecule has 16 heavy (non-hydrogen) atoms. The molecule has 1 aromatic rings. The summed E-state index contributed by atoms with van der Waals surface area (Å²) in [5.41, 5.74) is 0.384. The molecule has 1 heterocycles. The third-order valence-electron chi connectivity index (χ3n) is 2.14. The van der Waals surface area contributed by atoms with E-state index < -0.39 is 21.9 Å². The highest BCUT2D eigenvalue weighted by Crippen LogP contribution is 2.26. The molecule has 0 saturated carbocycles. The molecule has 1 N–H and O–H groups in total. The molecule has 0 saturated heterocycles. The molecule has 0 aliphatic carbocycles. The second kappa shape index (κ2) is 4.47. The number of carboxylic acids is 1. The van der Waals surface area contributed by atoms with E-state index >= 15 is 0 Å². The summed E-state index contributed by atoms with van der Waals surface area (Å²) in [6.45, 7) is 1.64. The molecular weight excluding hydrogens is 254 g/mol. The first-order valence-electron chi connectivity index (χ1n) is 4.53. The Hall–Kier alpha value is -1.01. The lowest BCUT2D eigenvalue weighted by molar-refractivity contribution is -0.137. The van der Waals surface area contributed by atoms with Gasteiger partial charge in [-0.25, -0.2) is 12.4 Å². The van der Waals surface area contributed by atoms with Crippen molar-refractivity contribution < 1.29 is 18.3 Å². The molecule has 0 aliphatic heterocycles. The van der Waals surface area contributed by atoms with Crippen LogP contribution in [0.3, 0.4) is 0 Å². The van der Waals surface area contributed by atoms with Crippen LogP contribution in [0.4, 0.5) is 0 Å². The smallest absolute Gasteiger partial charge is 0.304 e. The SMILES string of the molecule is CC(CC(=O)O)c1ccc(Cl)n1S(C)(=O)=O. The first-order valence-corrected chi connectivity index (χ1v) is 6.75. The normalized spacial score (nSPS) is 13.7. The van der Waals surface area contributed by atoms with E-state index in [0.29, 0.717) is 5.69 Å². The van der Waals surface area contributed by atoms with Crippen LogP contribution < -0.4 is 0 Å². The monoisotopic (exact) mass is 265 g/mol. The third kappa shape index (κ3) is 2.76. The predicted molar refractivity (Wildman–Crippen MR) is 60.4 cm³/mol. The van der Waals surface area contributed by atoms with Gasteiger partial charge in [-0.3, -0.25) is 4.79 Å². The second-order valence-corrected chi connectivity index (χ2v) is 5.83. The summed E-state index contributed by atoms with van der Waals surface area (Å²) in [7, 11) is -3.51. The standard InChI is InChI=1S/C9H12ClNO4S/c1-6(5-9(12)13)7-3-4-8(10)11(7)16(2,14)15/h3-4,6H,5H2,1-2H3,(H,12,13). The van der Waals surface area contributed by atoms with Crippen LogP contribution in [-0.4, -0.2) is 29.7 Å². The van der Waals surface area contributed by atoms with Gasteiger partial charge in [-0.1, -0.05) is 18.5 Å². The van der Waals surface area contributed by atoms with E-state index in [9.17, 15) is 13.2 Å². The van der Waals surface area contributed by atoms with E-state index in [1.54, 1.807) is 6.92 Å². The maximum atomic E-state index is 11.5. The Bertz CT molecular complexity index is 506. The van der Waals surface area contributed by atoms with Crippen molar-refractivity contribution in [2.24, 2.45) is 0 Å². The summed E-state index contributed by atoms with van der Waals surface area (Å²) < 4.78 is 23.9. The molecule has 1 unspecified atom stereocenters. The molecule has 90 valence electrons.